The highest BCUT2D eigenvalue weighted by molar-refractivity contribution is 7.13. The summed E-state index contributed by atoms with van der Waals surface area (Å²) in [5.41, 5.74) is 2.37. The highest BCUT2D eigenvalue weighted by Gasteiger charge is 2.36. The Balaban J connectivity index is 1.63. The molecule has 0 amide bonds. The average Bonchev–Trinajstić information content (AvgIpc) is 3.03. The molecule has 1 aromatic heterocycles. The van der Waals surface area contributed by atoms with Crippen LogP contribution in [-0.2, 0) is 0 Å². The Labute approximate surface area is 130 Å². The van der Waals surface area contributed by atoms with Gasteiger partial charge in [0.2, 0.25) is 0 Å². The third-order valence-electron chi connectivity index (χ3n) is 5.25. The molecule has 4 heterocycles. The monoisotopic (exact) mass is 299 g/mol. The van der Waals surface area contributed by atoms with Gasteiger partial charge in [-0.1, -0.05) is 18.7 Å². The second-order valence-corrected chi connectivity index (χ2v) is 7.14. The van der Waals surface area contributed by atoms with Gasteiger partial charge in [-0.2, -0.15) is 4.37 Å². The molecule has 4 heteroatoms. The molecular weight excluding hydrogens is 278 g/mol. The van der Waals surface area contributed by atoms with E-state index in [9.17, 15) is 0 Å². The first-order valence-corrected chi connectivity index (χ1v) is 8.49. The van der Waals surface area contributed by atoms with E-state index in [0.717, 1.165) is 11.6 Å². The number of piperidine rings is 3. The van der Waals surface area contributed by atoms with Gasteiger partial charge in [-0.3, -0.25) is 0 Å². The molecule has 21 heavy (non-hydrogen) atoms. The molecular formula is C17H21N3S. The van der Waals surface area contributed by atoms with Crippen molar-refractivity contribution >= 4 is 27.3 Å². The Hall–Kier alpha value is -1.39. The molecule has 3 aliphatic rings. The van der Waals surface area contributed by atoms with Crippen LogP contribution in [0.1, 0.15) is 18.4 Å². The minimum Gasteiger partial charge on any atom is -0.370 e. The molecule has 0 N–H and O–H groups in total. The van der Waals surface area contributed by atoms with Gasteiger partial charge in [-0.15, -0.1) is 0 Å². The zero-order chi connectivity index (χ0) is 14.4. The Morgan fingerprint density at radius 2 is 2.19 bits per heavy atom. The lowest BCUT2D eigenvalue weighted by atomic mass is 9.83. The molecule has 1 unspecified atom stereocenters. The van der Waals surface area contributed by atoms with Gasteiger partial charge in [0.25, 0.3) is 0 Å². The molecule has 1 atom stereocenters. The maximum Gasteiger partial charge on any atom is 0.0556 e. The van der Waals surface area contributed by atoms with Gasteiger partial charge in [-0.05, 0) is 49.4 Å². The second-order valence-electron chi connectivity index (χ2n) is 6.31. The van der Waals surface area contributed by atoms with Crippen LogP contribution in [-0.4, -0.2) is 46.9 Å². The highest BCUT2D eigenvalue weighted by Crippen LogP contribution is 2.35. The number of hydrogen-bond donors (Lipinski definition) is 0. The first-order valence-electron chi connectivity index (χ1n) is 7.72. The van der Waals surface area contributed by atoms with Crippen LogP contribution >= 0.6 is 11.5 Å². The maximum absolute atomic E-state index is 4.40. The topological polar surface area (TPSA) is 19.4 Å². The number of hydrogen-bond acceptors (Lipinski definition) is 4. The van der Waals surface area contributed by atoms with Gasteiger partial charge < -0.3 is 9.80 Å². The molecule has 3 nitrogen and oxygen atoms in total. The number of rotatable bonds is 3. The number of nitrogens with zero attached hydrogens (tertiary/aromatic N) is 3. The Morgan fingerprint density at radius 3 is 2.90 bits per heavy atom. The molecule has 0 saturated carbocycles. The first-order chi connectivity index (χ1) is 10.2. The van der Waals surface area contributed by atoms with Gasteiger partial charge in [0.1, 0.15) is 0 Å². The van der Waals surface area contributed by atoms with E-state index >= 15 is 0 Å². The van der Waals surface area contributed by atoms with E-state index in [4.69, 9.17) is 0 Å². The molecule has 2 bridgehead atoms. The Kier molecular flexibility index (Phi) is 3.23. The van der Waals surface area contributed by atoms with Crippen molar-refractivity contribution in [2.75, 3.05) is 26.7 Å². The van der Waals surface area contributed by atoms with E-state index in [2.05, 4.69) is 46.0 Å². The van der Waals surface area contributed by atoms with E-state index in [1.165, 1.54) is 48.1 Å². The molecule has 3 saturated heterocycles. The van der Waals surface area contributed by atoms with E-state index < -0.39 is 0 Å². The van der Waals surface area contributed by atoms with Crippen LogP contribution in [0, 0.1) is 5.92 Å². The molecule has 3 aliphatic heterocycles. The molecule has 3 fully saturated rings. The summed E-state index contributed by atoms with van der Waals surface area (Å²) < 4.78 is 5.57. The fourth-order valence-corrected chi connectivity index (χ4v) is 4.58. The van der Waals surface area contributed by atoms with Crippen molar-refractivity contribution in [1.82, 2.24) is 14.2 Å². The van der Waals surface area contributed by atoms with Crippen molar-refractivity contribution in [3.63, 3.8) is 0 Å². The molecule has 1 aromatic carbocycles. The summed E-state index contributed by atoms with van der Waals surface area (Å²) >= 11 is 1.56. The summed E-state index contributed by atoms with van der Waals surface area (Å²) in [6.45, 7) is 8.16. The predicted molar refractivity (Wildman–Crippen MR) is 89.4 cm³/mol. The van der Waals surface area contributed by atoms with Crippen LogP contribution in [0.3, 0.4) is 0 Å². The van der Waals surface area contributed by atoms with Crippen LogP contribution in [0.2, 0.25) is 0 Å². The summed E-state index contributed by atoms with van der Waals surface area (Å²) in [5.74, 6) is 0.830. The van der Waals surface area contributed by atoms with E-state index in [1.807, 2.05) is 6.20 Å². The minimum absolute atomic E-state index is 0.613. The van der Waals surface area contributed by atoms with Gasteiger partial charge in [0.05, 0.1) is 4.70 Å². The van der Waals surface area contributed by atoms with E-state index in [-0.39, 0.29) is 0 Å². The molecule has 0 spiro atoms. The van der Waals surface area contributed by atoms with Crippen LogP contribution in [0.5, 0.6) is 0 Å². The summed E-state index contributed by atoms with van der Waals surface area (Å²) in [7, 11) is 2.22. The van der Waals surface area contributed by atoms with Gasteiger partial charge in [-0.25, -0.2) is 0 Å². The predicted octanol–water partition coefficient (Wildman–Crippen LogP) is 3.29. The summed E-state index contributed by atoms with van der Waals surface area (Å²) in [6.07, 6.45) is 4.66. The Morgan fingerprint density at radius 1 is 1.38 bits per heavy atom. The third-order valence-corrected chi connectivity index (χ3v) is 6.02. The Bertz CT molecular complexity index is 669. The van der Waals surface area contributed by atoms with Crippen molar-refractivity contribution in [3.8, 4) is 0 Å². The quantitative estimate of drug-likeness (QED) is 0.867. The van der Waals surface area contributed by atoms with Crippen molar-refractivity contribution < 1.29 is 0 Å². The van der Waals surface area contributed by atoms with E-state index in [0.29, 0.717) is 6.04 Å². The van der Waals surface area contributed by atoms with E-state index in [1.54, 1.807) is 11.5 Å². The van der Waals surface area contributed by atoms with Crippen molar-refractivity contribution in [3.05, 3.63) is 36.5 Å². The summed E-state index contributed by atoms with van der Waals surface area (Å²) in [5, 5.41) is 1.24. The number of benzene rings is 1. The van der Waals surface area contributed by atoms with Gasteiger partial charge in [0.15, 0.2) is 0 Å². The van der Waals surface area contributed by atoms with Crippen LogP contribution in [0.25, 0.3) is 15.8 Å². The summed E-state index contributed by atoms with van der Waals surface area (Å²) in [6, 6.07) is 7.04. The molecule has 2 aromatic rings. The standard InChI is InChI=1S/C17H21N3S/c1-12(14-4-3-5-17-15(14)10-18-21-17)19(2)16-11-20-8-6-13(16)7-9-20/h3-5,10,13,16H,1,6-9,11H2,2H3. The lowest BCUT2D eigenvalue weighted by Crippen LogP contribution is -2.55. The van der Waals surface area contributed by atoms with Crippen molar-refractivity contribution in [2.45, 2.75) is 18.9 Å². The largest absolute Gasteiger partial charge is 0.370 e. The zero-order valence-corrected chi connectivity index (χ0v) is 13.3. The SMILES string of the molecule is C=C(c1cccc2sncc12)N(C)C1CN2CCC1CC2. The third kappa shape index (κ3) is 2.17. The molecule has 5 rings (SSSR count). The smallest absolute Gasteiger partial charge is 0.0556 e. The molecule has 0 aliphatic carbocycles. The fraction of sp³-hybridized carbons (Fsp3) is 0.471. The first kappa shape index (κ1) is 13.3. The second kappa shape index (κ2) is 5.11. The van der Waals surface area contributed by atoms with Crippen LogP contribution in [0.15, 0.2) is 31.0 Å². The lowest BCUT2D eigenvalue weighted by Gasteiger charge is -2.49. The summed E-state index contributed by atoms with van der Waals surface area (Å²) in [4.78, 5) is 5.02. The normalized spacial score (nSPS) is 28.0. The number of fused-ring (bicyclic) bond motifs is 4. The van der Waals surface area contributed by atoms with Crippen molar-refractivity contribution in [1.29, 1.82) is 0 Å². The highest BCUT2D eigenvalue weighted by atomic mass is 32.1. The molecule has 0 radical (unpaired) electrons. The van der Waals surface area contributed by atoms with Crippen molar-refractivity contribution in [2.24, 2.45) is 5.92 Å². The van der Waals surface area contributed by atoms with Gasteiger partial charge >= 0.3 is 0 Å². The molecule has 110 valence electrons. The maximum atomic E-state index is 4.40. The average molecular weight is 299 g/mol. The number of likely N-dealkylation sites (N-methyl/N-ethyl adjacent to an activating group) is 1. The minimum atomic E-state index is 0.613. The zero-order valence-electron chi connectivity index (χ0n) is 12.5. The lowest BCUT2D eigenvalue weighted by molar-refractivity contribution is 0.0389. The fourth-order valence-electron chi connectivity index (χ4n) is 3.91. The van der Waals surface area contributed by atoms with Crippen LogP contribution in [0.4, 0.5) is 0 Å². The van der Waals surface area contributed by atoms with Crippen LogP contribution < -0.4 is 0 Å². The number of aromatic nitrogens is 1. The van der Waals surface area contributed by atoms with Gasteiger partial charge in [0, 0.05) is 42.5 Å².